The minimum absolute atomic E-state index is 0.0845. The first-order chi connectivity index (χ1) is 8.94. The fourth-order valence-electron chi connectivity index (χ4n) is 1.70. The maximum atomic E-state index is 12.2. The molecule has 0 fully saturated rings. The number of nitrogens with one attached hydrogen (secondary N) is 1. The van der Waals surface area contributed by atoms with Crippen LogP contribution in [-0.2, 0) is 23.7 Å². The fraction of sp³-hybridized carbons (Fsp3) is 0.250. The van der Waals surface area contributed by atoms with Crippen molar-refractivity contribution in [2.75, 3.05) is 4.72 Å². The van der Waals surface area contributed by atoms with Crippen molar-refractivity contribution in [3.63, 3.8) is 0 Å². The van der Waals surface area contributed by atoms with Crippen LogP contribution in [-0.4, -0.2) is 23.3 Å². The molecule has 1 heterocycles. The summed E-state index contributed by atoms with van der Waals surface area (Å²) in [5.41, 5.74) is 1.88. The van der Waals surface area contributed by atoms with Crippen LogP contribution in [0.4, 0.5) is 5.69 Å². The molecule has 1 aromatic heterocycles. The number of anilines is 1. The van der Waals surface area contributed by atoms with Crippen LogP contribution in [0.5, 0.6) is 0 Å². The molecule has 2 N–H and O–H groups in total. The predicted molar refractivity (Wildman–Crippen MR) is 71.1 cm³/mol. The molecule has 0 aliphatic rings. The number of sulfonamides is 1. The minimum Gasteiger partial charge on any atom is -0.392 e. The number of aliphatic hydroxyl groups is 1. The zero-order chi connectivity index (χ0) is 14.0. The molecule has 0 aliphatic carbocycles. The topological polar surface area (TPSA) is 84.2 Å². The van der Waals surface area contributed by atoms with E-state index in [1.165, 1.54) is 16.9 Å². The van der Waals surface area contributed by atoms with Crippen LogP contribution in [0.3, 0.4) is 0 Å². The zero-order valence-corrected chi connectivity index (χ0v) is 11.5. The number of benzene rings is 1. The van der Waals surface area contributed by atoms with E-state index in [1.54, 1.807) is 32.2 Å². The first-order valence-corrected chi connectivity index (χ1v) is 7.13. The Labute approximate surface area is 111 Å². The third kappa shape index (κ3) is 2.77. The maximum Gasteiger partial charge on any atom is 0.279 e. The van der Waals surface area contributed by atoms with Gasteiger partial charge in [-0.2, -0.15) is 13.5 Å². The first-order valence-electron chi connectivity index (χ1n) is 5.65. The third-order valence-electron chi connectivity index (χ3n) is 2.78. The summed E-state index contributed by atoms with van der Waals surface area (Å²) in [5.74, 6) is 0. The van der Waals surface area contributed by atoms with E-state index in [2.05, 4.69) is 9.82 Å². The Morgan fingerprint density at radius 3 is 2.68 bits per heavy atom. The Morgan fingerprint density at radius 2 is 2.11 bits per heavy atom. The molecule has 2 rings (SSSR count). The molecule has 1 aromatic carbocycles. The van der Waals surface area contributed by atoms with E-state index in [0.29, 0.717) is 11.3 Å². The second-order valence-electron chi connectivity index (χ2n) is 4.21. The van der Waals surface area contributed by atoms with Gasteiger partial charge in [0.25, 0.3) is 10.0 Å². The summed E-state index contributed by atoms with van der Waals surface area (Å²) >= 11 is 0. The van der Waals surface area contributed by atoms with Crippen LogP contribution in [0, 0.1) is 6.92 Å². The second kappa shape index (κ2) is 5.02. The number of aryl methyl sites for hydroxylation is 2. The van der Waals surface area contributed by atoms with Gasteiger partial charge in [-0.3, -0.25) is 9.40 Å². The zero-order valence-electron chi connectivity index (χ0n) is 10.7. The number of hydrogen-bond donors (Lipinski definition) is 2. The lowest BCUT2D eigenvalue weighted by Gasteiger charge is -2.11. The summed E-state index contributed by atoms with van der Waals surface area (Å²) < 4.78 is 28.2. The van der Waals surface area contributed by atoms with E-state index >= 15 is 0 Å². The molecular weight excluding hydrogens is 266 g/mol. The molecule has 0 amide bonds. The van der Waals surface area contributed by atoms with Gasteiger partial charge >= 0.3 is 0 Å². The van der Waals surface area contributed by atoms with Crippen molar-refractivity contribution in [2.45, 2.75) is 18.6 Å². The molecule has 2 aromatic rings. The standard InChI is InChI=1S/C12H15N3O3S/c1-9-3-4-10(8-16)7-11(9)14-19(17,18)12-5-6-13-15(12)2/h3-7,14,16H,8H2,1-2H3. The minimum atomic E-state index is -3.68. The predicted octanol–water partition coefficient (Wildman–Crippen LogP) is 1.02. The van der Waals surface area contributed by atoms with E-state index < -0.39 is 10.0 Å². The molecule has 0 atom stereocenters. The van der Waals surface area contributed by atoms with Gasteiger partial charge in [-0.25, -0.2) is 0 Å². The van der Waals surface area contributed by atoms with Crippen molar-refractivity contribution in [1.82, 2.24) is 9.78 Å². The highest BCUT2D eigenvalue weighted by Gasteiger charge is 2.18. The van der Waals surface area contributed by atoms with Gasteiger partial charge in [0.1, 0.15) is 0 Å². The van der Waals surface area contributed by atoms with Crippen molar-refractivity contribution in [1.29, 1.82) is 0 Å². The third-order valence-corrected chi connectivity index (χ3v) is 4.22. The fourth-order valence-corrected chi connectivity index (χ4v) is 2.95. The summed E-state index contributed by atoms with van der Waals surface area (Å²) in [4.78, 5) is 0. The van der Waals surface area contributed by atoms with Gasteiger partial charge in [-0.15, -0.1) is 0 Å². The summed E-state index contributed by atoms with van der Waals surface area (Å²) in [6.07, 6.45) is 1.42. The monoisotopic (exact) mass is 281 g/mol. The number of rotatable bonds is 4. The molecule has 7 heteroatoms. The molecule has 0 saturated heterocycles. The number of aromatic nitrogens is 2. The Hall–Kier alpha value is -1.86. The van der Waals surface area contributed by atoms with Crippen molar-refractivity contribution < 1.29 is 13.5 Å². The van der Waals surface area contributed by atoms with Crippen molar-refractivity contribution in [3.05, 3.63) is 41.6 Å². The Balaban J connectivity index is 2.38. The van der Waals surface area contributed by atoms with Crippen molar-refractivity contribution in [2.24, 2.45) is 7.05 Å². The lowest BCUT2D eigenvalue weighted by Crippen LogP contribution is -2.17. The van der Waals surface area contributed by atoms with E-state index in [0.717, 1.165) is 5.56 Å². The highest BCUT2D eigenvalue weighted by atomic mass is 32.2. The quantitative estimate of drug-likeness (QED) is 0.876. The van der Waals surface area contributed by atoms with Crippen LogP contribution in [0.1, 0.15) is 11.1 Å². The molecule has 102 valence electrons. The first kappa shape index (κ1) is 13.6. The van der Waals surface area contributed by atoms with Crippen LogP contribution in [0.25, 0.3) is 0 Å². The van der Waals surface area contributed by atoms with Gasteiger partial charge in [0, 0.05) is 7.05 Å². The van der Waals surface area contributed by atoms with E-state index in [9.17, 15) is 8.42 Å². The molecule has 0 aliphatic heterocycles. The van der Waals surface area contributed by atoms with Gasteiger partial charge in [0.05, 0.1) is 18.5 Å². The van der Waals surface area contributed by atoms with E-state index in [-0.39, 0.29) is 11.6 Å². The van der Waals surface area contributed by atoms with Crippen molar-refractivity contribution >= 4 is 15.7 Å². The molecule has 0 bridgehead atoms. The smallest absolute Gasteiger partial charge is 0.279 e. The summed E-state index contributed by atoms with van der Waals surface area (Å²) in [7, 11) is -2.12. The molecule has 0 radical (unpaired) electrons. The van der Waals surface area contributed by atoms with Gasteiger partial charge in [-0.1, -0.05) is 12.1 Å². The average molecular weight is 281 g/mol. The highest BCUT2D eigenvalue weighted by molar-refractivity contribution is 7.92. The number of nitrogens with zero attached hydrogens (tertiary/aromatic N) is 2. The normalized spacial score (nSPS) is 11.5. The molecule has 0 unspecified atom stereocenters. The molecule has 0 saturated carbocycles. The Kier molecular flexibility index (Phi) is 3.59. The highest BCUT2D eigenvalue weighted by Crippen LogP contribution is 2.20. The average Bonchev–Trinajstić information content (AvgIpc) is 2.79. The van der Waals surface area contributed by atoms with Crippen LogP contribution < -0.4 is 4.72 Å². The lowest BCUT2D eigenvalue weighted by molar-refractivity contribution is 0.282. The summed E-state index contributed by atoms with van der Waals surface area (Å²) in [5, 5.41) is 13.0. The largest absolute Gasteiger partial charge is 0.392 e. The van der Waals surface area contributed by atoms with E-state index in [4.69, 9.17) is 5.11 Å². The van der Waals surface area contributed by atoms with Crippen LogP contribution in [0.15, 0.2) is 35.5 Å². The van der Waals surface area contributed by atoms with Gasteiger partial charge < -0.3 is 5.11 Å². The second-order valence-corrected chi connectivity index (χ2v) is 5.84. The molecule has 6 nitrogen and oxygen atoms in total. The summed E-state index contributed by atoms with van der Waals surface area (Å²) in [6.45, 7) is 1.66. The van der Waals surface area contributed by atoms with E-state index in [1.807, 2.05) is 0 Å². The van der Waals surface area contributed by atoms with Crippen LogP contribution in [0.2, 0.25) is 0 Å². The van der Waals surface area contributed by atoms with Gasteiger partial charge in [0.2, 0.25) is 0 Å². The van der Waals surface area contributed by atoms with Gasteiger partial charge in [0.15, 0.2) is 5.03 Å². The molecular formula is C12H15N3O3S. The van der Waals surface area contributed by atoms with Gasteiger partial charge in [-0.05, 0) is 30.2 Å². The number of aliphatic hydroxyl groups excluding tert-OH is 1. The Morgan fingerprint density at radius 1 is 1.37 bits per heavy atom. The lowest BCUT2D eigenvalue weighted by atomic mass is 10.1. The SMILES string of the molecule is Cc1ccc(CO)cc1NS(=O)(=O)c1ccnn1C. The van der Waals surface area contributed by atoms with Crippen LogP contribution >= 0.6 is 0 Å². The summed E-state index contributed by atoms with van der Waals surface area (Å²) in [6, 6.07) is 6.54. The van der Waals surface area contributed by atoms with Crippen molar-refractivity contribution in [3.8, 4) is 0 Å². The molecule has 19 heavy (non-hydrogen) atoms. The maximum absolute atomic E-state index is 12.2. The Bertz CT molecular complexity index is 692. The molecule has 0 spiro atoms. The number of hydrogen-bond acceptors (Lipinski definition) is 4.